The predicted molar refractivity (Wildman–Crippen MR) is 219 cm³/mol. The minimum atomic E-state index is 0.739. The molecule has 0 bridgehead atoms. The molecule has 0 fully saturated rings. The van der Waals surface area contributed by atoms with E-state index in [1.54, 1.807) is 0 Å². The third kappa shape index (κ3) is 5.95. The van der Waals surface area contributed by atoms with Crippen molar-refractivity contribution in [1.29, 1.82) is 0 Å². The Hall–Kier alpha value is -6.32. The lowest BCUT2D eigenvalue weighted by atomic mass is 9.90. The van der Waals surface area contributed by atoms with Crippen molar-refractivity contribution < 1.29 is 0 Å². The molecule has 0 saturated carbocycles. The van der Waals surface area contributed by atoms with Crippen LogP contribution in [0.4, 0.5) is 0 Å². The molecule has 0 amide bonds. The molecule has 1 aliphatic carbocycles. The van der Waals surface area contributed by atoms with Crippen LogP contribution in [-0.2, 0) is 6.42 Å². The largest absolute Gasteiger partial charge is 0.310 e. The summed E-state index contributed by atoms with van der Waals surface area (Å²) < 4.78 is 2.42. The van der Waals surface area contributed by atoms with Gasteiger partial charge in [-0.05, 0) is 102 Å². The standard InChI is InChI=1S/C49H39N3/c1-34-25-32-45(50-49(38-19-9-4-10-20-38)51-48(34)37-17-7-3-8-18-37)39-28-31-41(35-15-5-2-6-16-35)44(33-39)36-26-29-40(30-27-36)52-46-23-13-11-21-42(46)43-22-12-14-24-47(43)52/h2-11,13-21,23-24,26-31,33H,12,22,25,32H2,1H3/b48-34-,50-45?,51-49?. The number of fused-ring (bicyclic) bond motifs is 3. The third-order valence-electron chi connectivity index (χ3n) is 10.4. The van der Waals surface area contributed by atoms with Crippen LogP contribution in [0.1, 0.15) is 54.1 Å². The van der Waals surface area contributed by atoms with Gasteiger partial charge >= 0.3 is 0 Å². The maximum Gasteiger partial charge on any atom is 0.160 e. The summed E-state index contributed by atoms with van der Waals surface area (Å²) in [6.07, 6.45) is 8.46. The van der Waals surface area contributed by atoms with Crippen LogP contribution in [0.25, 0.3) is 50.6 Å². The Balaban J connectivity index is 1.16. The van der Waals surface area contributed by atoms with E-state index in [1.165, 1.54) is 55.7 Å². The van der Waals surface area contributed by atoms with Gasteiger partial charge in [0.05, 0.1) is 16.9 Å². The molecule has 0 atom stereocenters. The van der Waals surface area contributed by atoms with Crippen molar-refractivity contribution in [3.8, 4) is 27.9 Å². The summed E-state index contributed by atoms with van der Waals surface area (Å²) in [5.41, 5.74) is 16.5. The number of allylic oxidation sites excluding steroid dienone is 2. The molecular weight excluding hydrogens is 631 g/mol. The van der Waals surface area contributed by atoms with E-state index in [2.05, 4.69) is 175 Å². The molecule has 1 aliphatic heterocycles. The Morgan fingerprint density at radius 2 is 1.15 bits per heavy atom. The van der Waals surface area contributed by atoms with Crippen LogP contribution in [0.5, 0.6) is 0 Å². The van der Waals surface area contributed by atoms with Crippen molar-refractivity contribution in [2.45, 2.75) is 32.6 Å². The predicted octanol–water partition coefficient (Wildman–Crippen LogP) is 12.4. The Morgan fingerprint density at radius 3 is 1.90 bits per heavy atom. The summed E-state index contributed by atoms with van der Waals surface area (Å²) in [6.45, 7) is 2.21. The molecule has 3 heteroatoms. The zero-order valence-corrected chi connectivity index (χ0v) is 29.3. The van der Waals surface area contributed by atoms with E-state index in [4.69, 9.17) is 9.98 Å². The first-order chi connectivity index (χ1) is 25.7. The molecule has 9 rings (SSSR count). The fourth-order valence-electron chi connectivity index (χ4n) is 7.75. The van der Waals surface area contributed by atoms with Gasteiger partial charge in [0.15, 0.2) is 5.84 Å². The highest BCUT2D eigenvalue weighted by atomic mass is 15.0. The second-order valence-corrected chi connectivity index (χ2v) is 13.7. The number of aromatic nitrogens is 1. The van der Waals surface area contributed by atoms with E-state index in [9.17, 15) is 0 Å². The van der Waals surface area contributed by atoms with Crippen LogP contribution in [0.3, 0.4) is 0 Å². The number of para-hydroxylation sites is 1. The summed E-state index contributed by atoms with van der Waals surface area (Å²) in [5, 5.41) is 1.35. The molecule has 0 spiro atoms. The van der Waals surface area contributed by atoms with Gasteiger partial charge in [0, 0.05) is 27.9 Å². The van der Waals surface area contributed by atoms with Crippen molar-refractivity contribution in [3.63, 3.8) is 0 Å². The quantitative estimate of drug-likeness (QED) is 0.169. The number of aryl methyl sites for hydroxylation is 1. The van der Waals surface area contributed by atoms with Crippen LogP contribution in [0, 0.1) is 0 Å². The highest BCUT2D eigenvalue weighted by Gasteiger charge is 2.20. The lowest BCUT2D eigenvalue weighted by molar-refractivity contribution is 0.967. The molecule has 1 aromatic heterocycles. The summed E-state index contributed by atoms with van der Waals surface area (Å²) in [4.78, 5) is 10.6. The maximum absolute atomic E-state index is 5.36. The number of rotatable bonds is 6. The van der Waals surface area contributed by atoms with Crippen molar-refractivity contribution in [1.82, 2.24) is 4.57 Å². The number of hydrogen-bond acceptors (Lipinski definition) is 2. The summed E-state index contributed by atoms with van der Waals surface area (Å²) in [5.74, 6) is 0.739. The van der Waals surface area contributed by atoms with Crippen LogP contribution >= 0.6 is 0 Å². The Bertz CT molecular complexity index is 2530. The first kappa shape index (κ1) is 31.6. The lowest BCUT2D eigenvalue weighted by Crippen LogP contribution is -2.11. The van der Waals surface area contributed by atoms with E-state index in [0.29, 0.717) is 0 Å². The lowest BCUT2D eigenvalue weighted by Gasteiger charge is -2.18. The minimum Gasteiger partial charge on any atom is -0.310 e. The van der Waals surface area contributed by atoms with E-state index in [0.717, 1.165) is 59.6 Å². The molecule has 250 valence electrons. The highest BCUT2D eigenvalue weighted by Crippen LogP contribution is 2.37. The average molecular weight is 670 g/mol. The van der Waals surface area contributed by atoms with Crippen LogP contribution in [-0.4, -0.2) is 16.1 Å². The Labute approximate surface area is 305 Å². The summed E-state index contributed by atoms with van der Waals surface area (Å²) in [7, 11) is 0. The fraction of sp³-hybridized carbons (Fsp3) is 0.102. The molecule has 7 aromatic rings. The average Bonchev–Trinajstić information content (AvgIpc) is 3.55. The van der Waals surface area contributed by atoms with Gasteiger partial charge in [-0.25, -0.2) is 9.98 Å². The Morgan fingerprint density at radius 1 is 0.519 bits per heavy atom. The second-order valence-electron chi connectivity index (χ2n) is 13.7. The van der Waals surface area contributed by atoms with E-state index < -0.39 is 0 Å². The van der Waals surface area contributed by atoms with Gasteiger partial charge in [-0.2, -0.15) is 0 Å². The van der Waals surface area contributed by atoms with E-state index in [-0.39, 0.29) is 0 Å². The zero-order chi connectivity index (χ0) is 34.9. The summed E-state index contributed by atoms with van der Waals surface area (Å²) >= 11 is 0. The van der Waals surface area contributed by atoms with Crippen molar-refractivity contribution >= 4 is 34.2 Å². The molecule has 0 saturated heterocycles. The Kier molecular flexibility index (Phi) is 8.38. The van der Waals surface area contributed by atoms with Crippen molar-refractivity contribution in [2.24, 2.45) is 9.98 Å². The van der Waals surface area contributed by atoms with Gasteiger partial charge in [-0.3, -0.25) is 0 Å². The molecule has 6 aromatic carbocycles. The van der Waals surface area contributed by atoms with Crippen molar-refractivity contribution in [3.05, 3.63) is 197 Å². The van der Waals surface area contributed by atoms with Crippen LogP contribution < -0.4 is 0 Å². The smallest absolute Gasteiger partial charge is 0.160 e. The van der Waals surface area contributed by atoms with Crippen molar-refractivity contribution in [2.75, 3.05) is 0 Å². The number of aliphatic imine (C=N–C) groups is 2. The number of nitrogens with zero attached hydrogens (tertiary/aromatic N) is 3. The molecule has 0 radical (unpaired) electrons. The van der Waals surface area contributed by atoms with Crippen LogP contribution in [0.15, 0.2) is 179 Å². The third-order valence-corrected chi connectivity index (χ3v) is 10.4. The van der Waals surface area contributed by atoms with Gasteiger partial charge in [-0.15, -0.1) is 0 Å². The van der Waals surface area contributed by atoms with E-state index >= 15 is 0 Å². The number of benzene rings is 6. The molecule has 0 N–H and O–H groups in total. The van der Waals surface area contributed by atoms with Gasteiger partial charge in [0.1, 0.15) is 0 Å². The first-order valence-electron chi connectivity index (χ1n) is 18.3. The zero-order valence-electron chi connectivity index (χ0n) is 29.3. The maximum atomic E-state index is 5.36. The van der Waals surface area contributed by atoms with Crippen LogP contribution in [0.2, 0.25) is 0 Å². The fourth-order valence-corrected chi connectivity index (χ4v) is 7.75. The normalized spacial score (nSPS) is 15.8. The van der Waals surface area contributed by atoms with Gasteiger partial charge < -0.3 is 4.57 Å². The highest BCUT2D eigenvalue weighted by molar-refractivity contribution is 6.14. The number of amidine groups is 1. The first-order valence-corrected chi connectivity index (χ1v) is 18.3. The van der Waals surface area contributed by atoms with E-state index in [1.807, 2.05) is 6.07 Å². The monoisotopic (exact) mass is 669 g/mol. The molecule has 3 nitrogen and oxygen atoms in total. The molecule has 0 unspecified atom stereocenters. The molecule has 2 heterocycles. The minimum absolute atomic E-state index is 0.739. The summed E-state index contributed by atoms with van der Waals surface area (Å²) in [6, 6.07) is 56.3. The van der Waals surface area contributed by atoms with Gasteiger partial charge in [0.25, 0.3) is 0 Å². The molecule has 52 heavy (non-hydrogen) atoms. The number of hydrogen-bond donors (Lipinski definition) is 0. The molecule has 2 aliphatic rings. The second kappa shape index (κ2) is 13.8. The SMILES string of the molecule is C/C1=C(\c2ccccc2)N=C(c2ccccc2)N=C(c2ccc(-c3ccccc3)c(-c3ccc(-n4c5c(c6ccccc64)CCC=C5)cc3)c2)CC1. The van der Waals surface area contributed by atoms with Gasteiger partial charge in [-0.1, -0.05) is 140 Å². The topological polar surface area (TPSA) is 29.6 Å². The molecular formula is C49H39N3. The van der Waals surface area contributed by atoms with Gasteiger partial charge in [0.2, 0.25) is 0 Å².